The van der Waals surface area contributed by atoms with Crippen molar-refractivity contribution in [2.24, 2.45) is 0 Å². The lowest BCUT2D eigenvalue weighted by molar-refractivity contribution is 0.102. The largest absolute Gasteiger partial charge is 0.330 e. The summed E-state index contributed by atoms with van der Waals surface area (Å²) in [6.45, 7) is 8.55. The lowest BCUT2D eigenvalue weighted by Gasteiger charge is -2.09. The van der Waals surface area contributed by atoms with E-state index >= 15 is 0 Å². The normalized spacial score (nSPS) is 12.0. The van der Waals surface area contributed by atoms with Crippen molar-refractivity contribution in [3.8, 4) is 0 Å². The van der Waals surface area contributed by atoms with E-state index in [-0.39, 0.29) is 5.78 Å². The Morgan fingerprint density at radius 3 is 2.54 bits per heavy atom. The molecule has 0 radical (unpaired) electrons. The van der Waals surface area contributed by atoms with Crippen LogP contribution in [0.15, 0.2) is 46.8 Å². The summed E-state index contributed by atoms with van der Waals surface area (Å²) in [6.07, 6.45) is 1.10. The molecule has 4 nitrogen and oxygen atoms in total. The SMILES string of the molecule is CC[C@@H](C)c1ccc(C(=O)CSc2nnc(Nc3ccc(C)c(C)c3)s2)cc1. The van der Waals surface area contributed by atoms with Gasteiger partial charge in [0.1, 0.15) is 0 Å². The fourth-order valence-corrected chi connectivity index (χ4v) is 4.37. The van der Waals surface area contributed by atoms with E-state index in [2.05, 4.69) is 67.5 Å². The van der Waals surface area contributed by atoms with Crippen molar-refractivity contribution in [3.63, 3.8) is 0 Å². The number of nitrogens with one attached hydrogen (secondary N) is 1. The number of carbonyl (C=O) groups excluding carboxylic acids is 1. The Balaban J connectivity index is 1.56. The molecule has 0 aliphatic heterocycles. The highest BCUT2D eigenvalue weighted by Crippen LogP contribution is 2.29. The average Bonchev–Trinajstić information content (AvgIpc) is 3.15. The summed E-state index contributed by atoms with van der Waals surface area (Å²) in [5, 5.41) is 12.4. The van der Waals surface area contributed by atoms with Gasteiger partial charge >= 0.3 is 0 Å². The average molecular weight is 412 g/mol. The predicted octanol–water partition coefficient (Wildman–Crippen LogP) is 6.39. The highest BCUT2D eigenvalue weighted by atomic mass is 32.2. The van der Waals surface area contributed by atoms with Crippen molar-refractivity contribution in [2.45, 2.75) is 44.4 Å². The van der Waals surface area contributed by atoms with E-state index in [1.165, 1.54) is 39.8 Å². The number of rotatable bonds is 8. The summed E-state index contributed by atoms with van der Waals surface area (Å²) >= 11 is 2.89. The minimum absolute atomic E-state index is 0.111. The van der Waals surface area contributed by atoms with Gasteiger partial charge in [0, 0.05) is 11.3 Å². The second kappa shape index (κ2) is 9.34. The number of carbonyl (C=O) groups is 1. The number of ketones is 1. The van der Waals surface area contributed by atoms with Crippen LogP contribution in [0.4, 0.5) is 10.8 Å². The summed E-state index contributed by atoms with van der Waals surface area (Å²) in [5.41, 5.74) is 5.51. The van der Waals surface area contributed by atoms with Gasteiger partial charge in [-0.05, 0) is 55.0 Å². The highest BCUT2D eigenvalue weighted by Gasteiger charge is 2.11. The molecule has 0 saturated heterocycles. The van der Waals surface area contributed by atoms with Gasteiger partial charge in [-0.25, -0.2) is 0 Å². The lowest BCUT2D eigenvalue weighted by Crippen LogP contribution is -2.02. The van der Waals surface area contributed by atoms with Gasteiger partial charge < -0.3 is 5.32 Å². The topological polar surface area (TPSA) is 54.9 Å². The van der Waals surface area contributed by atoms with Crippen LogP contribution < -0.4 is 5.32 Å². The Bertz CT molecular complexity index is 951. The van der Waals surface area contributed by atoms with Gasteiger partial charge in [0.15, 0.2) is 10.1 Å². The molecule has 0 fully saturated rings. The molecule has 0 amide bonds. The van der Waals surface area contributed by atoms with E-state index in [4.69, 9.17) is 0 Å². The summed E-state index contributed by atoms with van der Waals surface area (Å²) in [5.74, 6) is 0.990. The van der Waals surface area contributed by atoms with Crippen molar-refractivity contribution >= 4 is 39.7 Å². The Morgan fingerprint density at radius 2 is 1.86 bits per heavy atom. The minimum atomic E-state index is 0.111. The van der Waals surface area contributed by atoms with Gasteiger partial charge in [-0.2, -0.15) is 0 Å². The highest BCUT2D eigenvalue weighted by molar-refractivity contribution is 8.01. The first-order chi connectivity index (χ1) is 13.5. The first kappa shape index (κ1) is 20.6. The number of nitrogens with zero attached hydrogens (tertiary/aromatic N) is 2. The molecule has 0 spiro atoms. The molecule has 0 aliphatic rings. The van der Waals surface area contributed by atoms with Crippen LogP contribution in [0.3, 0.4) is 0 Å². The van der Waals surface area contributed by atoms with Gasteiger partial charge in [0.2, 0.25) is 5.13 Å². The van der Waals surface area contributed by atoms with Gasteiger partial charge in [0.25, 0.3) is 0 Å². The molecule has 1 N–H and O–H groups in total. The van der Waals surface area contributed by atoms with Crippen LogP contribution in [0.1, 0.15) is 53.2 Å². The van der Waals surface area contributed by atoms with Crippen molar-refractivity contribution in [1.82, 2.24) is 10.2 Å². The van der Waals surface area contributed by atoms with E-state index < -0.39 is 0 Å². The maximum Gasteiger partial charge on any atom is 0.210 e. The minimum Gasteiger partial charge on any atom is -0.330 e. The zero-order valence-corrected chi connectivity index (χ0v) is 18.3. The summed E-state index contributed by atoms with van der Waals surface area (Å²) in [6, 6.07) is 14.2. The van der Waals surface area contributed by atoms with E-state index in [1.54, 1.807) is 0 Å². The van der Waals surface area contributed by atoms with Crippen LogP contribution in [-0.2, 0) is 0 Å². The Morgan fingerprint density at radius 1 is 1.11 bits per heavy atom. The number of thioether (sulfide) groups is 1. The fourth-order valence-electron chi connectivity index (χ4n) is 2.71. The third-order valence-electron chi connectivity index (χ3n) is 4.91. The standard InChI is InChI=1S/C22H25N3OS2/c1-5-14(2)17-7-9-18(10-8-17)20(26)13-27-22-25-24-21(28-22)23-19-11-6-15(3)16(4)12-19/h6-12,14H,5,13H2,1-4H3,(H,23,24)/t14-/m1/s1. The third kappa shape index (κ3) is 5.20. The number of Topliss-reactive ketones (excluding diaryl/α,β-unsaturated/α-hetero) is 1. The molecule has 2 aromatic carbocycles. The van der Waals surface area contributed by atoms with Crippen LogP contribution in [-0.4, -0.2) is 21.7 Å². The zero-order chi connectivity index (χ0) is 20.1. The monoisotopic (exact) mass is 411 g/mol. The lowest BCUT2D eigenvalue weighted by atomic mass is 9.97. The first-order valence-corrected chi connectivity index (χ1v) is 11.2. The molecule has 6 heteroatoms. The molecule has 1 atom stereocenters. The molecular weight excluding hydrogens is 386 g/mol. The van der Waals surface area contributed by atoms with E-state index in [9.17, 15) is 4.79 Å². The molecular formula is C22H25N3OS2. The number of hydrogen-bond donors (Lipinski definition) is 1. The molecule has 28 heavy (non-hydrogen) atoms. The molecule has 3 rings (SSSR count). The Labute approximate surface area is 174 Å². The maximum absolute atomic E-state index is 12.5. The number of anilines is 2. The van der Waals surface area contributed by atoms with Crippen molar-refractivity contribution < 1.29 is 4.79 Å². The summed E-state index contributed by atoms with van der Waals surface area (Å²) in [7, 11) is 0. The van der Waals surface area contributed by atoms with Gasteiger partial charge in [-0.3, -0.25) is 4.79 Å². The van der Waals surface area contributed by atoms with Crippen LogP contribution >= 0.6 is 23.1 Å². The van der Waals surface area contributed by atoms with Gasteiger partial charge in [-0.1, -0.05) is 67.3 Å². The van der Waals surface area contributed by atoms with Crippen LogP contribution in [0.5, 0.6) is 0 Å². The predicted molar refractivity (Wildman–Crippen MR) is 119 cm³/mol. The van der Waals surface area contributed by atoms with Gasteiger partial charge in [0.05, 0.1) is 5.75 Å². The maximum atomic E-state index is 12.5. The molecule has 146 valence electrons. The van der Waals surface area contributed by atoms with Crippen LogP contribution in [0.2, 0.25) is 0 Å². The Kier molecular flexibility index (Phi) is 6.86. The molecule has 0 unspecified atom stereocenters. The molecule has 0 aliphatic carbocycles. The number of aryl methyl sites for hydroxylation is 2. The van der Waals surface area contributed by atoms with Crippen LogP contribution in [0, 0.1) is 13.8 Å². The second-order valence-electron chi connectivity index (χ2n) is 6.94. The molecule has 1 heterocycles. The molecule has 0 saturated carbocycles. The Hall–Kier alpha value is -2.18. The van der Waals surface area contributed by atoms with E-state index in [0.29, 0.717) is 11.7 Å². The number of hydrogen-bond acceptors (Lipinski definition) is 6. The van der Waals surface area contributed by atoms with Crippen molar-refractivity contribution in [2.75, 3.05) is 11.1 Å². The summed E-state index contributed by atoms with van der Waals surface area (Å²) in [4.78, 5) is 12.5. The fraction of sp³-hybridized carbons (Fsp3) is 0.318. The smallest absolute Gasteiger partial charge is 0.210 e. The number of aromatic nitrogens is 2. The van der Waals surface area contributed by atoms with Crippen molar-refractivity contribution in [1.29, 1.82) is 0 Å². The second-order valence-corrected chi connectivity index (χ2v) is 9.14. The number of benzene rings is 2. The zero-order valence-electron chi connectivity index (χ0n) is 16.7. The molecule has 3 aromatic rings. The first-order valence-electron chi connectivity index (χ1n) is 9.40. The van der Waals surface area contributed by atoms with E-state index in [0.717, 1.165) is 27.1 Å². The van der Waals surface area contributed by atoms with E-state index in [1.807, 2.05) is 18.2 Å². The molecule has 0 bridgehead atoms. The third-order valence-corrected chi connectivity index (χ3v) is 6.88. The van der Waals surface area contributed by atoms with Gasteiger partial charge in [-0.15, -0.1) is 10.2 Å². The van der Waals surface area contributed by atoms with Crippen LogP contribution in [0.25, 0.3) is 0 Å². The van der Waals surface area contributed by atoms with Crippen molar-refractivity contribution in [3.05, 3.63) is 64.7 Å². The quantitative estimate of drug-likeness (QED) is 0.344. The summed E-state index contributed by atoms with van der Waals surface area (Å²) < 4.78 is 0.788. The molecule has 1 aromatic heterocycles.